The van der Waals surface area contributed by atoms with Crippen molar-refractivity contribution in [1.29, 1.82) is 0 Å². The van der Waals surface area contributed by atoms with Crippen LogP contribution in [0, 0.1) is 0 Å². The Morgan fingerprint density at radius 2 is 0.931 bits per heavy atom. The molecule has 0 nitrogen and oxygen atoms in total. The van der Waals surface area contributed by atoms with Crippen LogP contribution in [0.5, 0.6) is 0 Å². The van der Waals surface area contributed by atoms with Gasteiger partial charge in [-0.15, -0.1) is 0 Å². The van der Waals surface area contributed by atoms with Crippen molar-refractivity contribution in [2.24, 2.45) is 0 Å². The molecule has 0 aromatic heterocycles. The fourth-order valence-electron chi connectivity index (χ4n) is 9.29. The zero-order chi connectivity index (χ0) is 40.9. The molecule has 0 heterocycles. The third kappa shape index (κ3) is 7.73. The van der Waals surface area contributed by atoms with Gasteiger partial charge < -0.3 is 0 Å². The van der Waals surface area contributed by atoms with E-state index < -0.39 is 21.3 Å². The van der Waals surface area contributed by atoms with Gasteiger partial charge in [0.2, 0.25) is 0 Å². The molecule has 0 saturated carbocycles. The van der Waals surface area contributed by atoms with E-state index in [4.69, 9.17) is 0 Å². The van der Waals surface area contributed by atoms with Crippen LogP contribution < -0.4 is 0 Å². The summed E-state index contributed by atoms with van der Waals surface area (Å²) in [4.78, 5) is 0. The summed E-state index contributed by atoms with van der Waals surface area (Å²) >= 11 is -3.00. The summed E-state index contributed by atoms with van der Waals surface area (Å²) in [6.07, 6.45) is 8.29. The van der Waals surface area contributed by atoms with Gasteiger partial charge in [0, 0.05) is 0 Å². The Kier molecular flexibility index (Phi) is 11.1. The third-order valence-corrected chi connectivity index (χ3v) is 20.8. The monoisotopic (exact) mass is 834 g/mol. The number of hydrogen-bond acceptors (Lipinski definition) is 0. The van der Waals surface area contributed by atoms with Gasteiger partial charge in [0.25, 0.3) is 0 Å². The van der Waals surface area contributed by atoms with Crippen molar-refractivity contribution in [3.05, 3.63) is 199 Å². The van der Waals surface area contributed by atoms with Crippen molar-refractivity contribution in [3.63, 3.8) is 0 Å². The Hall–Kier alpha value is -4.45. The normalized spacial score (nSPS) is 13.9. The molecule has 292 valence electrons. The number of rotatable bonds is 8. The molecule has 0 atom stereocenters. The molecule has 2 aliphatic rings. The molecule has 0 N–H and O–H groups in total. The minimum absolute atomic E-state index is 0.0393. The van der Waals surface area contributed by atoms with Crippen LogP contribution in [0.15, 0.2) is 155 Å². The van der Waals surface area contributed by atoms with Crippen LogP contribution in [0.4, 0.5) is 0 Å². The summed E-state index contributed by atoms with van der Waals surface area (Å²) < 4.78 is 3.56. The minimum atomic E-state index is -3.00. The van der Waals surface area contributed by atoms with Crippen LogP contribution in [0.2, 0.25) is 0 Å². The quantitative estimate of drug-likeness (QED) is 0.143. The summed E-state index contributed by atoms with van der Waals surface area (Å²) in [7, 11) is 0. The van der Waals surface area contributed by atoms with Crippen molar-refractivity contribution in [2.75, 3.05) is 0 Å². The Morgan fingerprint density at radius 3 is 1.28 bits per heavy atom. The van der Waals surface area contributed by atoms with Gasteiger partial charge in [-0.05, 0) is 0 Å². The van der Waals surface area contributed by atoms with Crippen LogP contribution in [-0.2, 0) is 32.1 Å². The van der Waals surface area contributed by atoms with Crippen LogP contribution in [0.3, 0.4) is 0 Å². The average Bonchev–Trinajstić information content (AvgIpc) is 3.85. The third-order valence-electron chi connectivity index (χ3n) is 12.5. The number of benzene rings is 6. The van der Waals surface area contributed by atoms with Crippen molar-refractivity contribution in [3.8, 4) is 33.4 Å². The molecular weight excluding hydrogens is 776 g/mol. The van der Waals surface area contributed by atoms with Crippen LogP contribution in [0.1, 0.15) is 136 Å². The van der Waals surface area contributed by atoms with E-state index in [0.29, 0.717) is 11.8 Å². The van der Waals surface area contributed by atoms with E-state index >= 15 is 0 Å². The number of fused-ring (bicyclic) bond motifs is 3. The van der Waals surface area contributed by atoms with Crippen molar-refractivity contribution in [2.45, 2.75) is 102 Å². The standard InChI is InChI=1S/C33H33.C19H22.C5H5.Zr/c1-32(2,3)30-20-26-24(18-28(30)22-13-9-7-10-14-22)17-25-19-29(23-15-11-8-12-16-23)31(21-27(25)26)33(4,5)6;1-14(2)18-9-5-16(6-10-18)13-17-7-11-19(12-8-17)15(3)4;1-2-4-5-3-1;/h7-21H,1-6H3;5-12,14-15H,1-4H3;1-3H,4H2;. The predicted octanol–water partition coefficient (Wildman–Crippen LogP) is 15.7. The summed E-state index contributed by atoms with van der Waals surface area (Å²) in [6, 6.07) is 52.3. The maximum absolute atomic E-state index is 3.00. The van der Waals surface area contributed by atoms with Gasteiger partial charge in [-0.25, -0.2) is 0 Å². The van der Waals surface area contributed by atoms with Gasteiger partial charge in [0.05, 0.1) is 0 Å². The fourth-order valence-corrected chi connectivity index (χ4v) is 18.3. The molecule has 2 aliphatic carbocycles. The van der Waals surface area contributed by atoms with Crippen LogP contribution in [-0.4, -0.2) is 3.21 Å². The number of hydrogen-bond donors (Lipinski definition) is 0. The van der Waals surface area contributed by atoms with E-state index in [9.17, 15) is 0 Å². The summed E-state index contributed by atoms with van der Waals surface area (Å²) in [5.74, 6) is 0.969. The van der Waals surface area contributed by atoms with Gasteiger partial charge in [-0.2, -0.15) is 0 Å². The molecule has 0 radical (unpaired) electrons. The first kappa shape index (κ1) is 40.3. The molecule has 0 spiro atoms. The molecule has 6 aromatic rings. The van der Waals surface area contributed by atoms with Crippen LogP contribution >= 0.6 is 0 Å². The van der Waals surface area contributed by atoms with Crippen molar-refractivity contribution >= 4 is 3.21 Å². The topological polar surface area (TPSA) is 0 Å². The molecule has 8 rings (SSSR count). The van der Waals surface area contributed by atoms with Gasteiger partial charge in [-0.3, -0.25) is 0 Å². The van der Waals surface area contributed by atoms with E-state index in [1.54, 1.807) is 6.49 Å². The molecule has 0 unspecified atom stereocenters. The van der Waals surface area contributed by atoms with E-state index in [1.807, 2.05) is 0 Å². The Balaban J connectivity index is 1.54. The van der Waals surface area contributed by atoms with Crippen LogP contribution in [0.25, 0.3) is 33.4 Å². The van der Waals surface area contributed by atoms with Crippen molar-refractivity contribution in [1.82, 2.24) is 0 Å². The summed E-state index contributed by atoms with van der Waals surface area (Å²) in [6.45, 7) is 23.5. The van der Waals surface area contributed by atoms with Gasteiger partial charge in [0.15, 0.2) is 0 Å². The molecule has 0 bridgehead atoms. The Bertz CT molecular complexity index is 2380. The second kappa shape index (κ2) is 16.0. The van der Waals surface area contributed by atoms with Gasteiger partial charge in [-0.1, -0.05) is 0 Å². The molecule has 0 fully saturated rings. The van der Waals surface area contributed by atoms with Crippen molar-refractivity contribution < 1.29 is 21.3 Å². The molecule has 6 aromatic carbocycles. The zero-order valence-electron chi connectivity index (χ0n) is 36.4. The Morgan fingerprint density at radius 1 is 0.517 bits per heavy atom. The molecule has 58 heavy (non-hydrogen) atoms. The van der Waals surface area contributed by atoms with E-state index in [1.165, 1.54) is 77.9 Å². The zero-order valence-corrected chi connectivity index (χ0v) is 38.8. The number of allylic oxidation sites excluding steroid dienone is 4. The van der Waals surface area contributed by atoms with E-state index in [-0.39, 0.29) is 14.5 Å². The molecular formula is C57H60Zr. The van der Waals surface area contributed by atoms with Gasteiger partial charge in [0.1, 0.15) is 0 Å². The molecule has 0 amide bonds. The average molecular weight is 836 g/mol. The van der Waals surface area contributed by atoms with E-state index in [0.717, 1.165) is 6.42 Å². The second-order valence-corrected chi connectivity index (χ2v) is 25.6. The predicted molar refractivity (Wildman–Crippen MR) is 248 cm³/mol. The van der Waals surface area contributed by atoms with Gasteiger partial charge >= 0.3 is 359 Å². The second-order valence-electron chi connectivity index (χ2n) is 19.3. The molecule has 0 aliphatic heterocycles. The SMILES string of the molecule is CC(C)c1ccc([C](c2ccc(C(C)C)cc2)=[Zr]([C]2=CC=CC2)[CH]2c3cc(-c4ccccc4)c(C(C)(C)C)cc3-c3cc(C(C)(C)C)c(-c4ccccc4)cc32)cc1. The first-order valence-corrected chi connectivity index (χ1v) is 25.4. The summed E-state index contributed by atoms with van der Waals surface area (Å²) in [5, 5.41) is 0. The fraction of sp³-hybridized carbons (Fsp3) is 0.281. The Labute approximate surface area is 357 Å². The first-order valence-electron chi connectivity index (χ1n) is 21.5. The molecule has 1 heteroatoms. The summed E-state index contributed by atoms with van der Waals surface area (Å²) in [5.41, 5.74) is 19.6. The first-order chi connectivity index (χ1) is 27.7. The van der Waals surface area contributed by atoms with E-state index in [2.05, 4.69) is 221 Å². The molecule has 0 saturated heterocycles. The maximum atomic E-state index is 2.65.